The van der Waals surface area contributed by atoms with Crippen molar-refractivity contribution in [3.8, 4) is 0 Å². The molecule has 0 spiro atoms. The number of thiazole rings is 1. The summed E-state index contributed by atoms with van der Waals surface area (Å²) in [6, 6.07) is 0.693. The number of nitrogens with zero attached hydrogens (tertiary/aromatic N) is 3. The molecule has 1 aromatic heterocycles. The van der Waals surface area contributed by atoms with E-state index in [0.717, 1.165) is 28.8 Å². The van der Waals surface area contributed by atoms with Crippen LogP contribution in [0.3, 0.4) is 0 Å². The highest BCUT2D eigenvalue weighted by Gasteiger charge is 2.24. The van der Waals surface area contributed by atoms with Gasteiger partial charge in [-0.05, 0) is 32.9 Å². The number of rotatable bonds is 4. The van der Waals surface area contributed by atoms with Gasteiger partial charge in [-0.25, -0.2) is 4.98 Å². The minimum absolute atomic E-state index is 0.110. The summed E-state index contributed by atoms with van der Waals surface area (Å²) in [6.07, 6.45) is 2.39. The van der Waals surface area contributed by atoms with E-state index in [1.807, 2.05) is 0 Å². The summed E-state index contributed by atoms with van der Waals surface area (Å²) < 4.78 is 0. The lowest BCUT2D eigenvalue weighted by Gasteiger charge is -2.35. The lowest BCUT2D eigenvalue weighted by atomic mass is 10.0. The van der Waals surface area contributed by atoms with Gasteiger partial charge < -0.3 is 14.9 Å². The Morgan fingerprint density at radius 1 is 1.37 bits per heavy atom. The third kappa shape index (κ3) is 3.27. The zero-order valence-corrected chi connectivity index (χ0v) is 13.2. The molecule has 1 saturated heterocycles. The molecule has 2 heterocycles. The third-order valence-corrected chi connectivity index (χ3v) is 4.99. The van der Waals surface area contributed by atoms with Crippen LogP contribution in [0.5, 0.6) is 0 Å². The molecule has 0 aliphatic carbocycles. The molecule has 5 heteroatoms. The Balaban J connectivity index is 2.07. The normalized spacial score (nSPS) is 17.7. The van der Waals surface area contributed by atoms with Gasteiger partial charge in [-0.3, -0.25) is 0 Å². The van der Waals surface area contributed by atoms with Gasteiger partial charge in [0.2, 0.25) is 0 Å². The first kappa shape index (κ1) is 14.8. The molecular weight excluding hydrogens is 258 g/mol. The lowest BCUT2D eigenvalue weighted by molar-refractivity contribution is 0.249. The Hall–Kier alpha value is -0.650. The summed E-state index contributed by atoms with van der Waals surface area (Å²) in [5.41, 5.74) is 1.07. The Labute approximate surface area is 120 Å². The van der Waals surface area contributed by atoms with E-state index < -0.39 is 0 Å². The highest BCUT2D eigenvalue weighted by atomic mass is 32.1. The number of anilines is 1. The van der Waals surface area contributed by atoms with Gasteiger partial charge in [0.1, 0.15) is 0 Å². The van der Waals surface area contributed by atoms with Crippen LogP contribution in [0.1, 0.15) is 43.2 Å². The molecule has 0 atom stereocenters. The predicted octanol–water partition coefficient (Wildman–Crippen LogP) is 2.29. The lowest BCUT2D eigenvalue weighted by Crippen LogP contribution is -2.41. The number of piperidine rings is 1. The van der Waals surface area contributed by atoms with Crippen LogP contribution < -0.4 is 4.90 Å². The monoisotopic (exact) mass is 283 g/mol. The predicted molar refractivity (Wildman–Crippen MR) is 81.0 cm³/mol. The summed E-state index contributed by atoms with van der Waals surface area (Å²) >= 11 is 1.66. The maximum absolute atomic E-state index is 9.44. The minimum Gasteiger partial charge on any atom is -0.391 e. The van der Waals surface area contributed by atoms with Crippen LogP contribution in [0.4, 0.5) is 5.13 Å². The topological polar surface area (TPSA) is 39.6 Å². The first-order valence-corrected chi connectivity index (χ1v) is 7.86. The van der Waals surface area contributed by atoms with Gasteiger partial charge in [-0.2, -0.15) is 0 Å². The summed E-state index contributed by atoms with van der Waals surface area (Å²) in [5.74, 6) is 0.381. The van der Waals surface area contributed by atoms with E-state index in [-0.39, 0.29) is 6.61 Å². The average molecular weight is 283 g/mol. The van der Waals surface area contributed by atoms with Crippen LogP contribution in [-0.2, 0) is 6.61 Å². The van der Waals surface area contributed by atoms with Crippen molar-refractivity contribution < 1.29 is 5.11 Å². The fourth-order valence-electron chi connectivity index (χ4n) is 2.62. The molecule has 0 bridgehead atoms. The van der Waals surface area contributed by atoms with E-state index in [1.165, 1.54) is 12.8 Å². The third-order valence-electron chi connectivity index (χ3n) is 3.87. The Morgan fingerprint density at radius 2 is 2.00 bits per heavy atom. The molecule has 4 nitrogen and oxygen atoms in total. The van der Waals surface area contributed by atoms with Crippen molar-refractivity contribution in [2.75, 3.05) is 32.1 Å². The molecule has 1 fully saturated rings. The molecule has 1 aliphatic heterocycles. The maximum atomic E-state index is 9.44. The van der Waals surface area contributed by atoms with Crippen LogP contribution in [0, 0.1) is 0 Å². The van der Waals surface area contributed by atoms with Crippen molar-refractivity contribution in [3.63, 3.8) is 0 Å². The van der Waals surface area contributed by atoms with Crippen molar-refractivity contribution in [2.24, 2.45) is 0 Å². The van der Waals surface area contributed by atoms with Crippen molar-refractivity contribution >= 4 is 16.5 Å². The van der Waals surface area contributed by atoms with E-state index in [0.29, 0.717) is 12.0 Å². The molecule has 1 N–H and O–H groups in total. The van der Waals surface area contributed by atoms with Crippen LogP contribution in [0.15, 0.2) is 0 Å². The zero-order valence-electron chi connectivity index (χ0n) is 12.4. The molecular formula is C14H25N3OS. The van der Waals surface area contributed by atoms with Gasteiger partial charge in [-0.1, -0.05) is 25.2 Å². The molecule has 0 aromatic carbocycles. The Morgan fingerprint density at radius 3 is 2.42 bits per heavy atom. The second-order valence-corrected chi connectivity index (χ2v) is 6.86. The van der Waals surface area contributed by atoms with E-state index >= 15 is 0 Å². The number of aliphatic hydroxyl groups excluding tert-OH is 1. The number of aromatic nitrogens is 1. The first-order chi connectivity index (χ1) is 9.02. The molecule has 0 amide bonds. The molecule has 2 rings (SSSR count). The molecule has 108 valence electrons. The zero-order chi connectivity index (χ0) is 14.0. The standard InChI is InChI=1S/C14H25N3OS/c1-10(2)13-12(9-18)19-14(15-13)17-7-5-11(6-8-17)16(3)4/h10-11,18H,5-9H2,1-4H3. The van der Waals surface area contributed by atoms with Crippen molar-refractivity contribution in [1.29, 1.82) is 0 Å². The molecule has 0 saturated carbocycles. The highest BCUT2D eigenvalue weighted by molar-refractivity contribution is 7.15. The van der Waals surface area contributed by atoms with Crippen LogP contribution in [0.2, 0.25) is 0 Å². The first-order valence-electron chi connectivity index (χ1n) is 7.04. The maximum Gasteiger partial charge on any atom is 0.185 e. The molecule has 0 unspecified atom stereocenters. The smallest absolute Gasteiger partial charge is 0.185 e. The molecule has 19 heavy (non-hydrogen) atoms. The van der Waals surface area contributed by atoms with E-state index in [2.05, 4.69) is 37.7 Å². The fourth-order valence-corrected chi connectivity index (χ4v) is 3.75. The van der Waals surface area contributed by atoms with Crippen molar-refractivity contribution in [3.05, 3.63) is 10.6 Å². The van der Waals surface area contributed by atoms with Gasteiger partial charge in [-0.15, -0.1) is 0 Å². The van der Waals surface area contributed by atoms with Crippen molar-refractivity contribution in [2.45, 2.75) is 45.3 Å². The molecule has 0 radical (unpaired) electrons. The summed E-state index contributed by atoms with van der Waals surface area (Å²) in [5, 5.41) is 10.5. The molecule has 1 aliphatic rings. The largest absolute Gasteiger partial charge is 0.391 e. The van der Waals surface area contributed by atoms with E-state index in [9.17, 15) is 5.11 Å². The van der Waals surface area contributed by atoms with E-state index in [1.54, 1.807) is 11.3 Å². The SMILES string of the molecule is CC(C)c1nc(N2CCC(N(C)C)CC2)sc1CO. The Kier molecular flexibility index (Phi) is 4.81. The second-order valence-electron chi connectivity index (χ2n) is 5.80. The van der Waals surface area contributed by atoms with Crippen LogP contribution in [-0.4, -0.2) is 48.2 Å². The highest BCUT2D eigenvalue weighted by Crippen LogP contribution is 2.32. The van der Waals surface area contributed by atoms with Crippen molar-refractivity contribution in [1.82, 2.24) is 9.88 Å². The molecule has 1 aromatic rings. The van der Waals surface area contributed by atoms with Gasteiger partial charge >= 0.3 is 0 Å². The van der Waals surface area contributed by atoms with Crippen LogP contribution >= 0.6 is 11.3 Å². The quantitative estimate of drug-likeness (QED) is 0.920. The van der Waals surface area contributed by atoms with Crippen LogP contribution in [0.25, 0.3) is 0 Å². The minimum atomic E-state index is 0.110. The summed E-state index contributed by atoms with van der Waals surface area (Å²) in [4.78, 5) is 10.5. The number of hydrogen-bond donors (Lipinski definition) is 1. The van der Waals surface area contributed by atoms with E-state index in [4.69, 9.17) is 4.98 Å². The average Bonchev–Trinajstić information content (AvgIpc) is 2.83. The fraction of sp³-hybridized carbons (Fsp3) is 0.786. The van der Waals surface area contributed by atoms with Gasteiger partial charge in [0.15, 0.2) is 5.13 Å². The second kappa shape index (κ2) is 6.20. The summed E-state index contributed by atoms with van der Waals surface area (Å²) in [6.45, 7) is 6.52. The van der Waals surface area contributed by atoms with Gasteiger partial charge in [0.05, 0.1) is 17.2 Å². The Bertz CT molecular complexity index is 409. The number of hydrogen-bond acceptors (Lipinski definition) is 5. The number of aliphatic hydroxyl groups is 1. The van der Waals surface area contributed by atoms with Gasteiger partial charge in [0.25, 0.3) is 0 Å². The summed E-state index contributed by atoms with van der Waals surface area (Å²) in [7, 11) is 4.31. The van der Waals surface area contributed by atoms with Gasteiger partial charge in [0, 0.05) is 19.1 Å².